The number of nitrogens with two attached hydrogens (primary N) is 2. The van der Waals surface area contributed by atoms with Crippen molar-refractivity contribution in [1.82, 2.24) is 61.7 Å². The SMILES string of the molecule is NCCCC[C@@H]1NC(=O)[C@@H](NC(=O)[C@H](Cc2c[nH]c3ccccc23)NC(=O)[C@@H](N)CO)COC(c2cnc[nH]2)C2C(=O)NC(C(=O)N[C@@H](Cc3cnc[nH]3)C(=O)O)N2C(=O)[C@H](CO)NC1=O. The first-order chi connectivity index (χ1) is 31.7. The second kappa shape index (κ2) is 22.1. The minimum absolute atomic E-state index is 0.0173. The number of rotatable bonds is 18. The van der Waals surface area contributed by atoms with Crippen molar-refractivity contribution in [2.24, 2.45) is 11.5 Å². The van der Waals surface area contributed by atoms with E-state index in [9.17, 15) is 53.7 Å². The summed E-state index contributed by atoms with van der Waals surface area (Å²) in [7, 11) is 0. The summed E-state index contributed by atoms with van der Waals surface area (Å²) in [6.45, 7) is -2.40. The Morgan fingerprint density at radius 1 is 0.864 bits per heavy atom. The van der Waals surface area contributed by atoms with E-state index in [4.69, 9.17) is 16.2 Å². The maximum absolute atomic E-state index is 14.6. The maximum atomic E-state index is 14.6. The number of aliphatic hydroxyl groups is 2. The number of fused-ring (bicyclic) bond motifs is 2. The van der Waals surface area contributed by atoms with Crippen LogP contribution in [0.3, 0.4) is 0 Å². The van der Waals surface area contributed by atoms with Gasteiger partial charge in [-0.25, -0.2) is 14.8 Å². The second-order valence-electron chi connectivity index (χ2n) is 15.6. The number of ether oxygens (including phenoxy) is 1. The Morgan fingerprint density at radius 3 is 2.29 bits per heavy atom. The zero-order chi connectivity index (χ0) is 47.5. The van der Waals surface area contributed by atoms with Gasteiger partial charge in [-0.3, -0.25) is 38.5 Å². The van der Waals surface area contributed by atoms with E-state index in [-0.39, 0.29) is 37.9 Å². The molecule has 66 heavy (non-hydrogen) atoms. The van der Waals surface area contributed by atoms with Crippen molar-refractivity contribution in [1.29, 1.82) is 0 Å². The van der Waals surface area contributed by atoms with Crippen LogP contribution in [0, 0.1) is 0 Å². The number of imidazole rings is 2. The monoisotopic (exact) mass is 920 g/mol. The number of hydrogen-bond donors (Lipinski definition) is 14. The van der Waals surface area contributed by atoms with Crippen LogP contribution in [-0.4, -0.2) is 167 Å². The van der Waals surface area contributed by atoms with Crippen molar-refractivity contribution in [2.45, 2.75) is 86.7 Å². The van der Waals surface area contributed by atoms with Crippen molar-refractivity contribution in [3.63, 3.8) is 0 Å². The third kappa shape index (κ3) is 11.3. The summed E-state index contributed by atoms with van der Waals surface area (Å²) in [5.41, 5.74) is 13.1. The molecular weight excluding hydrogens is 869 g/mol. The molecule has 2 fully saturated rings. The lowest BCUT2D eigenvalue weighted by molar-refractivity contribution is -0.150. The number of aliphatic carboxylic acids is 1. The van der Waals surface area contributed by atoms with Crippen LogP contribution in [-0.2, 0) is 55.9 Å². The van der Waals surface area contributed by atoms with Crippen molar-refractivity contribution in [3.8, 4) is 0 Å². The van der Waals surface area contributed by atoms with Crippen LogP contribution in [0.4, 0.5) is 0 Å². The number of carbonyl (C=O) groups is 8. The van der Waals surface area contributed by atoms with E-state index in [1.165, 1.54) is 25.0 Å². The van der Waals surface area contributed by atoms with E-state index in [2.05, 4.69) is 56.8 Å². The predicted molar refractivity (Wildman–Crippen MR) is 226 cm³/mol. The molecule has 3 unspecified atom stereocenters. The first kappa shape index (κ1) is 48.2. The van der Waals surface area contributed by atoms with Gasteiger partial charge in [-0.05, 0) is 37.4 Å². The molecule has 9 atom stereocenters. The van der Waals surface area contributed by atoms with Gasteiger partial charge in [0.2, 0.25) is 35.4 Å². The number of aromatic nitrogens is 5. The van der Waals surface area contributed by atoms with Crippen LogP contribution in [0.5, 0.6) is 0 Å². The fourth-order valence-electron chi connectivity index (χ4n) is 7.57. The Bertz CT molecular complexity index is 2360. The summed E-state index contributed by atoms with van der Waals surface area (Å²) < 4.78 is 6.28. The van der Waals surface area contributed by atoms with E-state index < -0.39 is 122 Å². The van der Waals surface area contributed by atoms with E-state index >= 15 is 0 Å². The molecule has 6 rings (SSSR count). The molecular formula is C40H52N14O12. The first-order valence-corrected chi connectivity index (χ1v) is 20.9. The van der Waals surface area contributed by atoms with Crippen LogP contribution in [0.15, 0.2) is 55.5 Å². The number of carboxylic acids is 1. The van der Waals surface area contributed by atoms with Gasteiger partial charge < -0.3 is 78.4 Å². The number of benzene rings is 1. The predicted octanol–water partition coefficient (Wildman–Crippen LogP) is -5.23. The third-order valence-electron chi connectivity index (χ3n) is 11.1. The van der Waals surface area contributed by atoms with Crippen molar-refractivity contribution < 1.29 is 58.4 Å². The molecule has 3 aromatic heterocycles. The zero-order valence-corrected chi connectivity index (χ0v) is 35.3. The van der Waals surface area contributed by atoms with Crippen molar-refractivity contribution >= 4 is 58.2 Å². The highest BCUT2D eigenvalue weighted by atomic mass is 16.5. The molecule has 1 aromatic carbocycles. The molecule has 26 heteroatoms. The minimum Gasteiger partial charge on any atom is -0.480 e. The van der Waals surface area contributed by atoms with Gasteiger partial charge in [0.15, 0.2) is 6.17 Å². The maximum Gasteiger partial charge on any atom is 0.326 e. The van der Waals surface area contributed by atoms with Gasteiger partial charge in [0.1, 0.15) is 48.4 Å². The zero-order valence-electron chi connectivity index (χ0n) is 35.3. The van der Waals surface area contributed by atoms with Crippen LogP contribution < -0.4 is 43.4 Å². The number of amides is 7. The summed E-state index contributed by atoms with van der Waals surface area (Å²) in [4.78, 5) is 128. The summed E-state index contributed by atoms with van der Waals surface area (Å²) in [5, 5.41) is 45.7. The fourth-order valence-corrected chi connectivity index (χ4v) is 7.57. The van der Waals surface area contributed by atoms with E-state index in [1.54, 1.807) is 30.5 Å². The van der Waals surface area contributed by atoms with Crippen LogP contribution in [0.25, 0.3) is 10.9 Å². The topological polar surface area (TPSA) is 407 Å². The molecule has 2 aliphatic heterocycles. The number of nitrogens with one attached hydrogen (secondary N) is 9. The molecule has 26 nitrogen and oxygen atoms in total. The van der Waals surface area contributed by atoms with Crippen molar-refractivity contribution in [2.75, 3.05) is 26.4 Å². The van der Waals surface area contributed by atoms with Gasteiger partial charge >= 0.3 is 5.97 Å². The quantitative estimate of drug-likeness (QED) is 0.0415. The largest absolute Gasteiger partial charge is 0.480 e. The molecule has 0 bridgehead atoms. The van der Waals surface area contributed by atoms with Crippen LogP contribution >= 0.6 is 0 Å². The molecule has 0 saturated carbocycles. The second-order valence-corrected chi connectivity index (χ2v) is 15.6. The van der Waals surface area contributed by atoms with Gasteiger partial charge in [-0.1, -0.05) is 18.2 Å². The average molecular weight is 921 g/mol. The first-order valence-electron chi connectivity index (χ1n) is 20.9. The number of carboxylic acid groups (broad SMARTS) is 1. The number of carbonyl (C=O) groups excluding carboxylic acids is 7. The standard InChI is InChI=1S/C40H52N14O12/c41-8-4-3-7-24-34(58)51-28(15-56)39(63)54-30(37(61)53-32(54)38(62)50-26(40(64)65)10-20-12-43-17-46-20)31(27-13-44-18-47-27)66-16-29(36(60)48-24)52-35(59)25(49-33(57)22(42)14-55)9-19-11-45-23-6-2-1-5-21(19)23/h1-2,5-6,11-13,17-18,22,24-26,28-32,45,55-56H,3-4,7-10,14-16,41-42H2,(H,43,46)(H,44,47)(H,48,60)(H,49,57)(H,50,62)(H,51,58)(H,52,59)(H,53,61)(H,64,65)/t22-,24-,25-,26-,28-,29-,30?,31?,32?/m0/s1. The summed E-state index contributed by atoms with van der Waals surface area (Å²) in [5.74, 6) is -8.65. The average Bonchev–Trinajstić information content (AvgIpc) is 4.15. The van der Waals surface area contributed by atoms with Gasteiger partial charge in [-0.2, -0.15) is 0 Å². The number of aliphatic hydroxyl groups excluding tert-OH is 2. The number of hydrogen-bond acceptors (Lipinski definition) is 15. The van der Waals surface area contributed by atoms with E-state index in [0.717, 1.165) is 5.52 Å². The highest BCUT2D eigenvalue weighted by Gasteiger charge is 2.53. The number of para-hydroxylation sites is 1. The lowest BCUT2D eigenvalue weighted by atomic mass is 10.0. The molecule has 0 radical (unpaired) electrons. The molecule has 0 aliphatic carbocycles. The number of aromatic amines is 3. The molecule has 16 N–H and O–H groups in total. The fraction of sp³-hybridized carbons (Fsp3) is 0.450. The summed E-state index contributed by atoms with van der Waals surface area (Å²) >= 11 is 0. The number of unbranched alkanes of at least 4 members (excludes halogenated alkanes) is 1. The molecule has 354 valence electrons. The Kier molecular flexibility index (Phi) is 16.1. The molecule has 2 aliphatic rings. The molecule has 0 spiro atoms. The van der Waals surface area contributed by atoms with Gasteiger partial charge in [-0.15, -0.1) is 0 Å². The summed E-state index contributed by atoms with van der Waals surface area (Å²) in [6, 6.07) is -4.15. The molecule has 7 amide bonds. The van der Waals surface area contributed by atoms with Gasteiger partial charge in [0.25, 0.3) is 5.91 Å². The third-order valence-corrected chi connectivity index (χ3v) is 11.1. The van der Waals surface area contributed by atoms with E-state index in [0.29, 0.717) is 28.0 Å². The lowest BCUT2D eigenvalue weighted by Gasteiger charge is -2.34. The van der Waals surface area contributed by atoms with Crippen LogP contribution in [0.2, 0.25) is 0 Å². The highest BCUT2D eigenvalue weighted by Crippen LogP contribution is 2.30. The number of nitrogens with zero attached hydrogens (tertiary/aromatic N) is 3. The molecule has 4 aromatic rings. The van der Waals surface area contributed by atoms with Gasteiger partial charge in [0.05, 0.1) is 44.4 Å². The molecule has 5 heterocycles. The Morgan fingerprint density at radius 2 is 1.61 bits per heavy atom. The van der Waals surface area contributed by atoms with Crippen LogP contribution in [0.1, 0.15) is 42.3 Å². The lowest BCUT2D eigenvalue weighted by Crippen LogP contribution is -2.62. The van der Waals surface area contributed by atoms with Crippen molar-refractivity contribution in [3.05, 3.63) is 72.5 Å². The smallest absolute Gasteiger partial charge is 0.326 e. The molecule has 2 saturated heterocycles. The summed E-state index contributed by atoms with van der Waals surface area (Å²) in [6.07, 6.45) is 3.30. The minimum atomic E-state index is -1.96. The Balaban J connectivity index is 1.38. The Hall–Kier alpha value is -7.26. The highest BCUT2D eigenvalue weighted by molar-refractivity contribution is 6.03. The normalized spacial score (nSPS) is 22.9. The Labute approximate surface area is 374 Å². The number of H-pyrrole nitrogens is 3. The van der Waals surface area contributed by atoms with E-state index in [1.807, 2.05) is 0 Å². The van der Waals surface area contributed by atoms with Gasteiger partial charge in [0, 0.05) is 41.8 Å².